The maximum Gasteiger partial charge on any atom is 0.387 e. The highest BCUT2D eigenvalue weighted by Crippen LogP contribution is 2.26. The standard InChI is InChI=1S/C19H24ClF2N5O2.HI/c1-3-23-19(24-9-13-8-15(20)4-5-16(13)29-18(21)22)27-6-7-28-17(12-27)14-10-25-26(2)11-14;/h4-5,8,10-11,17-18H,3,6-7,9,12H2,1-2H3,(H,23,24);1H. The number of hydrogen-bond donors (Lipinski definition) is 1. The Morgan fingerprint density at radius 1 is 1.47 bits per heavy atom. The van der Waals surface area contributed by atoms with Crippen molar-refractivity contribution in [3.63, 3.8) is 0 Å². The van der Waals surface area contributed by atoms with Crippen LogP contribution in [0.1, 0.15) is 24.2 Å². The van der Waals surface area contributed by atoms with Crippen LogP contribution >= 0.6 is 35.6 Å². The van der Waals surface area contributed by atoms with E-state index >= 15 is 0 Å². The predicted octanol–water partition coefficient (Wildman–Crippen LogP) is 3.83. The summed E-state index contributed by atoms with van der Waals surface area (Å²) in [4.78, 5) is 6.71. The summed E-state index contributed by atoms with van der Waals surface area (Å²) in [5.41, 5.74) is 1.49. The Kier molecular flexibility index (Phi) is 9.56. The van der Waals surface area contributed by atoms with Crippen molar-refractivity contribution in [1.29, 1.82) is 0 Å². The smallest absolute Gasteiger partial charge is 0.387 e. The minimum absolute atomic E-state index is 0. The Bertz CT molecular complexity index is 852. The molecular formula is C19H25ClF2IN5O2. The Morgan fingerprint density at radius 2 is 2.27 bits per heavy atom. The number of guanidine groups is 1. The topological polar surface area (TPSA) is 63.9 Å². The van der Waals surface area contributed by atoms with Gasteiger partial charge in [-0.25, -0.2) is 4.99 Å². The van der Waals surface area contributed by atoms with Crippen LogP contribution in [0, 0.1) is 0 Å². The van der Waals surface area contributed by atoms with E-state index in [1.54, 1.807) is 16.9 Å². The number of halogens is 4. The highest BCUT2D eigenvalue weighted by Gasteiger charge is 2.25. The number of nitrogens with zero attached hydrogens (tertiary/aromatic N) is 4. The molecule has 0 radical (unpaired) electrons. The number of aryl methyl sites for hydroxylation is 1. The fourth-order valence-corrected chi connectivity index (χ4v) is 3.31. The summed E-state index contributed by atoms with van der Waals surface area (Å²) in [5.74, 6) is 0.742. The molecule has 0 amide bonds. The summed E-state index contributed by atoms with van der Waals surface area (Å²) in [6.07, 6.45) is 3.60. The van der Waals surface area contributed by atoms with Crippen molar-refractivity contribution in [2.24, 2.45) is 12.0 Å². The number of nitrogens with one attached hydrogen (secondary N) is 1. The zero-order valence-electron chi connectivity index (χ0n) is 16.7. The first kappa shape index (κ1) is 24.6. The van der Waals surface area contributed by atoms with Crippen LogP contribution in [-0.2, 0) is 18.3 Å². The molecule has 30 heavy (non-hydrogen) atoms. The van der Waals surface area contributed by atoms with Gasteiger partial charge in [0.15, 0.2) is 5.96 Å². The molecule has 0 spiro atoms. The van der Waals surface area contributed by atoms with Crippen molar-refractivity contribution in [3.05, 3.63) is 46.7 Å². The largest absolute Gasteiger partial charge is 0.434 e. The van der Waals surface area contributed by atoms with Gasteiger partial charge in [-0.2, -0.15) is 13.9 Å². The van der Waals surface area contributed by atoms with Crippen molar-refractivity contribution in [2.75, 3.05) is 26.2 Å². The molecule has 1 fully saturated rings. The summed E-state index contributed by atoms with van der Waals surface area (Å²) in [7, 11) is 1.86. The highest BCUT2D eigenvalue weighted by atomic mass is 127. The Balaban J connectivity index is 0.00000320. The Labute approximate surface area is 196 Å². The van der Waals surface area contributed by atoms with Crippen molar-refractivity contribution >= 4 is 41.5 Å². The predicted molar refractivity (Wildman–Crippen MR) is 122 cm³/mol. The van der Waals surface area contributed by atoms with Crippen molar-refractivity contribution in [2.45, 2.75) is 26.2 Å². The number of alkyl halides is 2. The van der Waals surface area contributed by atoms with Gasteiger partial charge in [0.2, 0.25) is 0 Å². The van der Waals surface area contributed by atoms with Gasteiger partial charge in [-0.3, -0.25) is 4.68 Å². The molecule has 3 rings (SSSR count). The fourth-order valence-electron chi connectivity index (χ4n) is 3.12. The van der Waals surface area contributed by atoms with Crippen molar-refractivity contribution in [1.82, 2.24) is 20.0 Å². The average Bonchev–Trinajstić information content (AvgIpc) is 3.13. The third kappa shape index (κ3) is 6.67. The van der Waals surface area contributed by atoms with Crippen LogP contribution in [0.4, 0.5) is 8.78 Å². The fraction of sp³-hybridized carbons (Fsp3) is 0.474. The molecule has 1 aliphatic heterocycles. The second kappa shape index (κ2) is 11.7. The normalized spacial score (nSPS) is 17.1. The van der Waals surface area contributed by atoms with Gasteiger partial charge in [-0.05, 0) is 25.1 Å². The minimum atomic E-state index is -2.91. The summed E-state index contributed by atoms with van der Waals surface area (Å²) in [6, 6.07) is 4.53. The van der Waals surface area contributed by atoms with Crippen LogP contribution in [0.3, 0.4) is 0 Å². The molecule has 0 bridgehead atoms. The molecular weight excluding hydrogens is 531 g/mol. The van der Waals surface area contributed by atoms with E-state index in [1.807, 2.05) is 20.2 Å². The van der Waals surface area contributed by atoms with Gasteiger partial charge >= 0.3 is 6.61 Å². The average molecular weight is 556 g/mol. The SMILES string of the molecule is CCNC(=NCc1cc(Cl)ccc1OC(F)F)N1CCOC(c2cnn(C)c2)C1.I. The van der Waals surface area contributed by atoms with Crippen molar-refractivity contribution < 1.29 is 18.3 Å². The number of aromatic nitrogens is 2. The number of benzene rings is 1. The molecule has 1 atom stereocenters. The molecule has 0 aliphatic carbocycles. The lowest BCUT2D eigenvalue weighted by Crippen LogP contribution is -2.48. The summed E-state index contributed by atoms with van der Waals surface area (Å²) in [5, 5.41) is 7.89. The van der Waals surface area contributed by atoms with Gasteiger partial charge in [-0.1, -0.05) is 11.6 Å². The zero-order chi connectivity index (χ0) is 20.8. The van der Waals surface area contributed by atoms with Crippen LogP contribution in [-0.4, -0.2) is 53.5 Å². The number of ether oxygens (including phenoxy) is 2. The van der Waals surface area contributed by atoms with E-state index in [1.165, 1.54) is 12.1 Å². The van der Waals surface area contributed by atoms with Crippen molar-refractivity contribution in [3.8, 4) is 5.75 Å². The molecule has 1 unspecified atom stereocenters. The lowest BCUT2D eigenvalue weighted by Gasteiger charge is -2.34. The molecule has 2 aromatic rings. The van der Waals surface area contributed by atoms with Crippen LogP contribution in [0.25, 0.3) is 0 Å². The number of hydrogen-bond acceptors (Lipinski definition) is 4. The summed E-state index contributed by atoms with van der Waals surface area (Å²) in [6.45, 7) is 1.70. The third-order valence-corrected chi connectivity index (χ3v) is 4.67. The molecule has 166 valence electrons. The van der Waals surface area contributed by atoms with Gasteiger partial charge in [0.25, 0.3) is 0 Å². The molecule has 0 saturated carbocycles. The molecule has 1 aromatic carbocycles. The number of morpholine rings is 1. The van der Waals surface area contributed by atoms with Crippen LogP contribution in [0.5, 0.6) is 5.75 Å². The van der Waals surface area contributed by atoms with E-state index in [4.69, 9.17) is 16.3 Å². The second-order valence-electron chi connectivity index (χ2n) is 6.55. The van der Waals surface area contributed by atoms with Crippen LogP contribution < -0.4 is 10.1 Å². The molecule has 11 heteroatoms. The van der Waals surface area contributed by atoms with Gasteiger partial charge in [-0.15, -0.1) is 24.0 Å². The summed E-state index contributed by atoms with van der Waals surface area (Å²) >= 11 is 6.03. The van der Waals surface area contributed by atoms with Gasteiger partial charge < -0.3 is 19.7 Å². The first-order valence-electron chi connectivity index (χ1n) is 9.33. The molecule has 1 saturated heterocycles. The van der Waals surface area contributed by atoms with E-state index < -0.39 is 6.61 Å². The van der Waals surface area contributed by atoms with Crippen LogP contribution in [0.2, 0.25) is 5.02 Å². The van der Waals surface area contributed by atoms with E-state index in [0.717, 1.165) is 5.56 Å². The molecule has 1 N–H and O–H groups in total. The van der Waals surface area contributed by atoms with E-state index in [0.29, 0.717) is 42.8 Å². The molecule has 7 nitrogen and oxygen atoms in total. The van der Waals surface area contributed by atoms with E-state index in [2.05, 4.69) is 25.0 Å². The van der Waals surface area contributed by atoms with Gasteiger partial charge in [0.1, 0.15) is 11.9 Å². The molecule has 2 heterocycles. The van der Waals surface area contributed by atoms with E-state index in [9.17, 15) is 8.78 Å². The Hall–Kier alpha value is -1.66. The number of rotatable bonds is 6. The molecule has 1 aliphatic rings. The lowest BCUT2D eigenvalue weighted by atomic mass is 10.1. The van der Waals surface area contributed by atoms with Gasteiger partial charge in [0.05, 0.1) is 25.9 Å². The quantitative estimate of drug-likeness (QED) is 0.334. The van der Waals surface area contributed by atoms with E-state index in [-0.39, 0.29) is 42.4 Å². The zero-order valence-corrected chi connectivity index (χ0v) is 19.8. The maximum atomic E-state index is 12.7. The second-order valence-corrected chi connectivity index (χ2v) is 6.99. The first-order valence-corrected chi connectivity index (χ1v) is 9.70. The van der Waals surface area contributed by atoms with Gasteiger partial charge in [0, 0.05) is 42.5 Å². The Morgan fingerprint density at radius 3 is 2.93 bits per heavy atom. The monoisotopic (exact) mass is 555 g/mol. The van der Waals surface area contributed by atoms with Crippen LogP contribution in [0.15, 0.2) is 35.6 Å². The lowest BCUT2D eigenvalue weighted by molar-refractivity contribution is -0.0504. The number of aliphatic imine (C=N–C) groups is 1. The third-order valence-electron chi connectivity index (χ3n) is 4.44. The summed E-state index contributed by atoms with van der Waals surface area (Å²) < 4.78 is 37.6. The maximum absolute atomic E-state index is 12.7. The minimum Gasteiger partial charge on any atom is -0.434 e. The highest BCUT2D eigenvalue weighted by molar-refractivity contribution is 14.0. The first-order chi connectivity index (χ1) is 14.0. The molecule has 1 aromatic heterocycles.